The van der Waals surface area contributed by atoms with Crippen LogP contribution in [-0.4, -0.2) is 40.6 Å². The highest BCUT2D eigenvalue weighted by atomic mass is 79.9. The van der Waals surface area contributed by atoms with Gasteiger partial charge in [-0.05, 0) is 30.2 Å². The number of carboxylic acids is 1. The van der Waals surface area contributed by atoms with Gasteiger partial charge in [0.05, 0.1) is 24.4 Å². The van der Waals surface area contributed by atoms with E-state index in [4.69, 9.17) is 9.47 Å². The number of halogens is 1. The Balaban J connectivity index is 2.32. The van der Waals surface area contributed by atoms with Gasteiger partial charge in [0.1, 0.15) is 0 Å². The van der Waals surface area contributed by atoms with E-state index in [-0.39, 0.29) is 13.0 Å². The molecule has 174 valence electrons. The van der Waals surface area contributed by atoms with Gasteiger partial charge in [0.2, 0.25) is 0 Å². The van der Waals surface area contributed by atoms with Crippen molar-refractivity contribution >= 4 is 39.9 Å². The highest BCUT2D eigenvalue weighted by Gasteiger charge is 2.37. The smallest absolute Gasteiger partial charge is 0.358 e. The lowest BCUT2D eigenvalue weighted by Gasteiger charge is -2.18. The van der Waals surface area contributed by atoms with Crippen molar-refractivity contribution < 1.29 is 33.9 Å². The first kappa shape index (κ1) is 25.7. The van der Waals surface area contributed by atoms with Gasteiger partial charge in [0.25, 0.3) is 11.8 Å². The third-order valence-electron chi connectivity index (χ3n) is 4.52. The molecule has 2 rings (SSSR count). The minimum Gasteiger partial charge on any atom is -0.481 e. The van der Waals surface area contributed by atoms with Crippen molar-refractivity contribution in [2.75, 3.05) is 6.61 Å². The fraction of sp³-hybridized carbons (Fsp3) is 0.261. The Morgan fingerprint density at radius 2 is 1.73 bits per heavy atom. The Morgan fingerprint density at radius 3 is 2.27 bits per heavy atom. The van der Waals surface area contributed by atoms with Gasteiger partial charge in [-0.25, -0.2) is 4.79 Å². The third kappa shape index (κ3) is 8.15. The zero-order chi connectivity index (χ0) is 24.4. The largest absolute Gasteiger partial charge is 0.481 e. The van der Waals surface area contributed by atoms with Crippen LogP contribution in [0.3, 0.4) is 0 Å². The predicted molar refractivity (Wildman–Crippen MR) is 122 cm³/mol. The van der Waals surface area contributed by atoms with Crippen LogP contribution in [0.15, 0.2) is 64.8 Å². The number of hydrogen-bond acceptors (Lipinski definition) is 7. The maximum absolute atomic E-state index is 12.7. The number of aliphatic carboxylic acids is 1. The molecule has 0 aliphatic rings. The summed E-state index contributed by atoms with van der Waals surface area (Å²) in [6.07, 6.45) is -1.56. The molecule has 0 aliphatic carbocycles. The number of nitro groups is 1. The molecule has 0 fully saturated rings. The number of rotatable bonds is 11. The molecule has 2 aromatic rings. The number of benzene rings is 2. The molecule has 2 atom stereocenters. The summed E-state index contributed by atoms with van der Waals surface area (Å²) in [7, 11) is 0. The van der Waals surface area contributed by atoms with Gasteiger partial charge in [-0.15, -0.1) is 0 Å². The molecular formula is C23H22BrNO8. The first-order valence-corrected chi connectivity index (χ1v) is 10.7. The lowest BCUT2D eigenvalue weighted by atomic mass is 9.92. The molecule has 2 unspecified atom stereocenters. The van der Waals surface area contributed by atoms with Gasteiger partial charge >= 0.3 is 17.9 Å². The summed E-state index contributed by atoms with van der Waals surface area (Å²) in [5, 5.41) is 21.0. The number of carbonyl (C=O) groups is 3. The van der Waals surface area contributed by atoms with Crippen LogP contribution < -0.4 is 0 Å². The molecule has 0 bridgehead atoms. The summed E-state index contributed by atoms with van der Waals surface area (Å²) in [4.78, 5) is 47.3. The quantitative estimate of drug-likeness (QED) is 0.265. The standard InChI is InChI=1S/C23H22BrNO8/c1-2-32-23(29)22(19(25(30)31)12-15-8-10-18(24)11-9-15)33-21(28)14-17(13-20(26)27)16-6-4-3-5-7-16/h3-12,17,22H,2,13-14H2,1H3,(H,26,27)/b19-12-. The molecule has 0 heterocycles. The normalized spacial score (nSPS) is 13.0. The monoisotopic (exact) mass is 519 g/mol. The highest BCUT2D eigenvalue weighted by molar-refractivity contribution is 9.10. The molecule has 0 saturated carbocycles. The molecule has 2 aromatic carbocycles. The van der Waals surface area contributed by atoms with Crippen LogP contribution >= 0.6 is 15.9 Å². The molecule has 0 aromatic heterocycles. The van der Waals surface area contributed by atoms with Crippen molar-refractivity contribution in [1.82, 2.24) is 0 Å². The molecule has 0 spiro atoms. The molecule has 9 nitrogen and oxygen atoms in total. The number of carbonyl (C=O) groups excluding carboxylic acids is 2. The van der Waals surface area contributed by atoms with Crippen molar-refractivity contribution in [2.24, 2.45) is 0 Å². The Bertz CT molecular complexity index is 1020. The second-order valence-electron chi connectivity index (χ2n) is 6.91. The summed E-state index contributed by atoms with van der Waals surface area (Å²) >= 11 is 3.27. The van der Waals surface area contributed by atoms with E-state index in [0.29, 0.717) is 11.1 Å². The van der Waals surface area contributed by atoms with E-state index in [2.05, 4.69) is 15.9 Å². The van der Waals surface area contributed by atoms with Gasteiger partial charge in [-0.2, -0.15) is 0 Å². The van der Waals surface area contributed by atoms with E-state index in [9.17, 15) is 29.6 Å². The van der Waals surface area contributed by atoms with E-state index >= 15 is 0 Å². The maximum atomic E-state index is 12.7. The molecule has 0 aliphatic heterocycles. The van der Waals surface area contributed by atoms with Gasteiger partial charge < -0.3 is 14.6 Å². The fourth-order valence-electron chi connectivity index (χ4n) is 3.03. The lowest BCUT2D eigenvalue weighted by molar-refractivity contribution is -0.432. The van der Waals surface area contributed by atoms with Crippen molar-refractivity contribution in [1.29, 1.82) is 0 Å². The molecule has 1 N–H and O–H groups in total. The van der Waals surface area contributed by atoms with Gasteiger partial charge in [0, 0.05) is 16.5 Å². The zero-order valence-corrected chi connectivity index (χ0v) is 19.3. The van der Waals surface area contributed by atoms with Crippen molar-refractivity contribution in [3.05, 3.63) is 86.0 Å². The average Bonchev–Trinajstić information content (AvgIpc) is 2.77. The van der Waals surface area contributed by atoms with Crippen molar-refractivity contribution in [3.8, 4) is 0 Å². The van der Waals surface area contributed by atoms with Crippen LogP contribution in [0.5, 0.6) is 0 Å². The lowest BCUT2D eigenvalue weighted by Crippen LogP contribution is -2.34. The number of carboxylic acid groups (broad SMARTS) is 1. The average molecular weight is 520 g/mol. The number of hydrogen-bond donors (Lipinski definition) is 1. The summed E-state index contributed by atoms with van der Waals surface area (Å²) in [6.45, 7) is 1.43. The van der Waals surface area contributed by atoms with Crippen LogP contribution in [0.25, 0.3) is 6.08 Å². The first-order valence-electron chi connectivity index (χ1n) is 9.95. The Labute approximate surface area is 198 Å². The summed E-state index contributed by atoms with van der Waals surface area (Å²) in [5.41, 5.74) is 0.311. The van der Waals surface area contributed by atoms with Gasteiger partial charge in [-0.3, -0.25) is 19.7 Å². The van der Waals surface area contributed by atoms with Gasteiger partial charge in [0.15, 0.2) is 0 Å². The highest BCUT2D eigenvalue weighted by Crippen LogP contribution is 2.25. The van der Waals surface area contributed by atoms with Crippen LogP contribution in [0.4, 0.5) is 0 Å². The maximum Gasteiger partial charge on any atom is 0.358 e. The van der Waals surface area contributed by atoms with Crippen molar-refractivity contribution in [3.63, 3.8) is 0 Å². The minimum absolute atomic E-state index is 0.0815. The summed E-state index contributed by atoms with van der Waals surface area (Å²) in [5.74, 6) is -3.93. The Morgan fingerprint density at radius 1 is 1.09 bits per heavy atom. The number of nitrogens with zero attached hydrogens (tertiary/aromatic N) is 1. The number of ether oxygens (including phenoxy) is 2. The Hall–Kier alpha value is -3.53. The molecule has 33 heavy (non-hydrogen) atoms. The molecule has 10 heteroatoms. The predicted octanol–water partition coefficient (Wildman–Crippen LogP) is 4.19. The van der Waals surface area contributed by atoms with E-state index < -0.39 is 47.0 Å². The van der Waals surface area contributed by atoms with Crippen LogP contribution in [0.2, 0.25) is 0 Å². The van der Waals surface area contributed by atoms with E-state index in [1.54, 1.807) is 54.6 Å². The van der Waals surface area contributed by atoms with Crippen LogP contribution in [0.1, 0.15) is 36.8 Å². The SMILES string of the molecule is CCOC(=O)C(OC(=O)CC(CC(=O)O)c1ccccc1)/C(=C/c1ccc(Br)cc1)[N+](=O)[O-]. The topological polar surface area (TPSA) is 133 Å². The first-order chi connectivity index (χ1) is 15.7. The summed E-state index contributed by atoms with van der Waals surface area (Å²) < 4.78 is 10.8. The van der Waals surface area contributed by atoms with E-state index in [1.807, 2.05) is 0 Å². The van der Waals surface area contributed by atoms with Crippen LogP contribution in [0, 0.1) is 10.1 Å². The summed E-state index contributed by atoms with van der Waals surface area (Å²) in [6, 6.07) is 14.9. The third-order valence-corrected chi connectivity index (χ3v) is 5.05. The fourth-order valence-corrected chi connectivity index (χ4v) is 3.29. The second kappa shape index (κ2) is 12.5. The molecule has 0 radical (unpaired) electrons. The molecule has 0 saturated heterocycles. The van der Waals surface area contributed by atoms with Crippen LogP contribution in [-0.2, 0) is 23.9 Å². The minimum atomic E-state index is -1.92. The Kier molecular flexibility index (Phi) is 9.74. The van der Waals surface area contributed by atoms with E-state index in [0.717, 1.165) is 10.5 Å². The van der Waals surface area contributed by atoms with Gasteiger partial charge in [-0.1, -0.05) is 58.4 Å². The van der Waals surface area contributed by atoms with Crippen molar-refractivity contribution in [2.45, 2.75) is 31.8 Å². The van der Waals surface area contributed by atoms with E-state index in [1.165, 1.54) is 6.92 Å². The second-order valence-corrected chi connectivity index (χ2v) is 7.83. The zero-order valence-electron chi connectivity index (χ0n) is 17.7. The molecule has 0 amide bonds. The molecular weight excluding hydrogens is 498 g/mol. The number of esters is 2.